The van der Waals surface area contributed by atoms with Crippen LogP contribution in [0.2, 0.25) is 0 Å². The average Bonchev–Trinajstić information content (AvgIpc) is 2.93. The lowest BCUT2D eigenvalue weighted by atomic mass is 10.1. The zero-order valence-electron chi connectivity index (χ0n) is 12.7. The predicted molar refractivity (Wildman–Crippen MR) is 83.8 cm³/mol. The van der Waals surface area contributed by atoms with Crippen molar-refractivity contribution in [2.45, 2.75) is 26.9 Å². The van der Waals surface area contributed by atoms with E-state index in [4.69, 9.17) is 9.15 Å². The van der Waals surface area contributed by atoms with Gasteiger partial charge >= 0.3 is 0 Å². The fourth-order valence-corrected chi connectivity index (χ4v) is 2.35. The first-order valence-corrected chi connectivity index (χ1v) is 7.25. The Kier molecular flexibility index (Phi) is 4.19. The van der Waals surface area contributed by atoms with E-state index in [9.17, 15) is 0 Å². The van der Waals surface area contributed by atoms with Crippen LogP contribution in [0.25, 0.3) is 0 Å². The van der Waals surface area contributed by atoms with Crippen molar-refractivity contribution in [2.24, 2.45) is 0 Å². The summed E-state index contributed by atoms with van der Waals surface area (Å²) in [5.41, 5.74) is 3.49. The van der Waals surface area contributed by atoms with Crippen LogP contribution in [0, 0.1) is 13.8 Å². The summed E-state index contributed by atoms with van der Waals surface area (Å²) in [7, 11) is 0. The molecule has 0 fully saturated rings. The Balaban J connectivity index is 1.62. The van der Waals surface area contributed by atoms with Gasteiger partial charge in [-0.1, -0.05) is 36.4 Å². The van der Waals surface area contributed by atoms with E-state index < -0.39 is 0 Å². The molecule has 112 valence electrons. The molecule has 0 spiro atoms. The van der Waals surface area contributed by atoms with Crippen molar-refractivity contribution < 1.29 is 9.15 Å². The van der Waals surface area contributed by atoms with Gasteiger partial charge in [-0.15, -0.1) is 10.2 Å². The van der Waals surface area contributed by atoms with Crippen molar-refractivity contribution in [3.63, 3.8) is 0 Å². The molecule has 3 aromatic rings. The number of benzene rings is 2. The van der Waals surface area contributed by atoms with Gasteiger partial charge in [-0.25, -0.2) is 0 Å². The molecule has 0 saturated carbocycles. The lowest BCUT2D eigenvalue weighted by molar-refractivity contribution is 0.259. The highest BCUT2D eigenvalue weighted by molar-refractivity contribution is 5.33. The smallest absolute Gasteiger partial charge is 0.253 e. The fourth-order valence-electron chi connectivity index (χ4n) is 2.35. The van der Waals surface area contributed by atoms with E-state index in [0.717, 1.165) is 11.3 Å². The molecule has 0 atom stereocenters. The second kappa shape index (κ2) is 6.43. The SMILES string of the molecule is Cc1cc(C)cc(OCc2nnc(Cc3ccccc3)o2)c1. The van der Waals surface area contributed by atoms with Crippen LogP contribution in [-0.2, 0) is 13.0 Å². The maximum atomic E-state index is 5.72. The summed E-state index contributed by atoms with van der Waals surface area (Å²) >= 11 is 0. The van der Waals surface area contributed by atoms with Crippen molar-refractivity contribution in [1.82, 2.24) is 10.2 Å². The quantitative estimate of drug-likeness (QED) is 0.717. The van der Waals surface area contributed by atoms with E-state index in [1.54, 1.807) is 0 Å². The molecule has 0 saturated heterocycles. The first-order valence-electron chi connectivity index (χ1n) is 7.25. The molecule has 1 heterocycles. The highest BCUT2D eigenvalue weighted by atomic mass is 16.5. The van der Waals surface area contributed by atoms with Crippen LogP contribution in [0.4, 0.5) is 0 Å². The Bertz CT molecular complexity index is 731. The van der Waals surface area contributed by atoms with Gasteiger partial charge in [0.15, 0.2) is 6.61 Å². The predicted octanol–water partition coefficient (Wildman–Crippen LogP) is 3.86. The number of rotatable bonds is 5. The van der Waals surface area contributed by atoms with Crippen molar-refractivity contribution >= 4 is 0 Å². The summed E-state index contributed by atoms with van der Waals surface area (Å²) in [5, 5.41) is 8.09. The zero-order valence-corrected chi connectivity index (χ0v) is 12.7. The molecule has 0 N–H and O–H groups in total. The second-order valence-electron chi connectivity index (χ2n) is 5.36. The molecular formula is C18H18N2O2. The Labute approximate surface area is 129 Å². The van der Waals surface area contributed by atoms with Crippen molar-refractivity contribution in [1.29, 1.82) is 0 Å². The molecule has 4 heteroatoms. The molecule has 0 aliphatic heterocycles. The minimum absolute atomic E-state index is 0.282. The standard InChI is InChI=1S/C18H18N2O2/c1-13-8-14(2)10-16(9-13)21-12-18-20-19-17(22-18)11-15-6-4-3-5-7-15/h3-10H,11-12H2,1-2H3. The van der Waals surface area contributed by atoms with Crippen LogP contribution in [0.5, 0.6) is 5.75 Å². The van der Waals surface area contributed by atoms with Gasteiger partial charge in [0, 0.05) is 0 Å². The molecule has 0 unspecified atom stereocenters. The number of nitrogens with zero attached hydrogens (tertiary/aromatic N) is 2. The number of hydrogen-bond acceptors (Lipinski definition) is 4. The van der Waals surface area contributed by atoms with E-state index in [1.807, 2.05) is 56.3 Å². The molecule has 0 bridgehead atoms. The van der Waals surface area contributed by atoms with Crippen LogP contribution in [0.3, 0.4) is 0 Å². The van der Waals surface area contributed by atoms with Crippen molar-refractivity contribution in [3.8, 4) is 5.75 Å². The lowest BCUT2D eigenvalue weighted by Gasteiger charge is -2.05. The normalized spacial score (nSPS) is 10.6. The Morgan fingerprint density at radius 1 is 0.909 bits per heavy atom. The maximum absolute atomic E-state index is 5.72. The molecular weight excluding hydrogens is 276 g/mol. The van der Waals surface area contributed by atoms with E-state index >= 15 is 0 Å². The molecule has 0 amide bonds. The van der Waals surface area contributed by atoms with E-state index in [2.05, 4.69) is 16.3 Å². The van der Waals surface area contributed by atoms with E-state index in [0.29, 0.717) is 18.2 Å². The summed E-state index contributed by atoms with van der Waals surface area (Å²) in [4.78, 5) is 0. The van der Waals surface area contributed by atoms with Gasteiger partial charge in [0.05, 0.1) is 6.42 Å². The minimum atomic E-state index is 0.282. The molecule has 0 aliphatic carbocycles. The molecule has 2 aromatic carbocycles. The number of aromatic nitrogens is 2. The molecule has 4 nitrogen and oxygen atoms in total. The molecule has 0 radical (unpaired) electrons. The molecule has 0 aliphatic rings. The summed E-state index contributed by atoms with van der Waals surface area (Å²) < 4.78 is 11.3. The van der Waals surface area contributed by atoms with Crippen LogP contribution >= 0.6 is 0 Å². The lowest BCUT2D eigenvalue weighted by Crippen LogP contribution is -1.96. The van der Waals surface area contributed by atoms with Gasteiger partial charge in [-0.3, -0.25) is 0 Å². The number of hydrogen-bond donors (Lipinski definition) is 0. The molecule has 3 rings (SSSR count). The summed E-state index contributed by atoms with van der Waals surface area (Å²) in [5.74, 6) is 1.91. The van der Waals surface area contributed by atoms with Crippen molar-refractivity contribution in [2.75, 3.05) is 0 Å². The highest BCUT2D eigenvalue weighted by Gasteiger charge is 2.08. The monoisotopic (exact) mass is 294 g/mol. The first-order chi connectivity index (χ1) is 10.7. The minimum Gasteiger partial charge on any atom is -0.484 e. The first kappa shape index (κ1) is 14.3. The van der Waals surface area contributed by atoms with Gasteiger partial charge < -0.3 is 9.15 Å². The summed E-state index contributed by atoms with van der Waals surface area (Å²) in [6.45, 7) is 4.37. The highest BCUT2D eigenvalue weighted by Crippen LogP contribution is 2.17. The molecule has 22 heavy (non-hydrogen) atoms. The van der Waals surface area contributed by atoms with Gasteiger partial charge in [-0.05, 0) is 42.7 Å². The summed E-state index contributed by atoms with van der Waals surface area (Å²) in [6.07, 6.45) is 0.636. The third-order valence-electron chi connectivity index (χ3n) is 3.26. The second-order valence-corrected chi connectivity index (χ2v) is 5.36. The average molecular weight is 294 g/mol. The zero-order chi connectivity index (χ0) is 15.4. The maximum Gasteiger partial charge on any atom is 0.253 e. The third-order valence-corrected chi connectivity index (χ3v) is 3.26. The summed E-state index contributed by atoms with van der Waals surface area (Å²) in [6, 6.07) is 16.2. The van der Waals surface area contributed by atoms with E-state index in [1.165, 1.54) is 11.1 Å². The van der Waals surface area contributed by atoms with Crippen LogP contribution in [0.15, 0.2) is 52.9 Å². The van der Waals surface area contributed by atoms with Gasteiger partial charge in [0.2, 0.25) is 5.89 Å². The topological polar surface area (TPSA) is 48.2 Å². The third kappa shape index (κ3) is 3.73. The van der Waals surface area contributed by atoms with Gasteiger partial charge in [-0.2, -0.15) is 0 Å². The Morgan fingerprint density at radius 3 is 2.32 bits per heavy atom. The number of ether oxygens (including phenoxy) is 1. The van der Waals surface area contributed by atoms with Crippen LogP contribution in [0.1, 0.15) is 28.5 Å². The number of aryl methyl sites for hydroxylation is 2. The van der Waals surface area contributed by atoms with Crippen molar-refractivity contribution in [3.05, 3.63) is 77.0 Å². The molecule has 1 aromatic heterocycles. The van der Waals surface area contributed by atoms with Gasteiger partial charge in [0.25, 0.3) is 5.89 Å². The van der Waals surface area contributed by atoms with E-state index in [-0.39, 0.29) is 6.61 Å². The van der Waals surface area contributed by atoms with Crippen LogP contribution < -0.4 is 4.74 Å². The fraction of sp³-hybridized carbons (Fsp3) is 0.222. The van der Waals surface area contributed by atoms with Gasteiger partial charge in [0.1, 0.15) is 5.75 Å². The van der Waals surface area contributed by atoms with Crippen LogP contribution in [-0.4, -0.2) is 10.2 Å². The largest absolute Gasteiger partial charge is 0.484 e. The Hall–Kier alpha value is -2.62. The Morgan fingerprint density at radius 2 is 1.59 bits per heavy atom.